The number of para-hydroxylation sites is 1. The molecule has 0 aromatic heterocycles. The molecule has 2 aliphatic rings. The van der Waals surface area contributed by atoms with Crippen molar-refractivity contribution in [3.05, 3.63) is 29.8 Å². The Hall–Kier alpha value is -2.61. The number of hydrogen-bond donors (Lipinski definition) is 4. The third kappa shape index (κ3) is 7.67. The predicted molar refractivity (Wildman–Crippen MR) is 113 cm³/mol. The largest absolute Gasteiger partial charge is 0.492 e. The van der Waals surface area contributed by atoms with E-state index in [2.05, 4.69) is 21.3 Å². The Balaban J connectivity index is 1.61. The highest BCUT2D eigenvalue weighted by molar-refractivity contribution is 5.90. The molecule has 4 N–H and O–H groups in total. The van der Waals surface area contributed by atoms with Crippen molar-refractivity contribution in [3.8, 4) is 5.75 Å². The summed E-state index contributed by atoms with van der Waals surface area (Å²) in [5, 5.41) is 11.3. The molecule has 1 unspecified atom stereocenters. The van der Waals surface area contributed by atoms with Crippen molar-refractivity contribution >= 4 is 17.7 Å². The van der Waals surface area contributed by atoms with Crippen molar-refractivity contribution in [2.45, 2.75) is 44.6 Å². The molecule has 0 radical (unpaired) electrons. The first-order valence-electron chi connectivity index (χ1n) is 10.9. The molecule has 30 heavy (non-hydrogen) atoms. The molecule has 164 valence electrons. The van der Waals surface area contributed by atoms with Gasteiger partial charge in [0.05, 0.1) is 13.1 Å². The van der Waals surface area contributed by atoms with Crippen LogP contribution in [0.4, 0.5) is 0 Å². The van der Waals surface area contributed by atoms with Gasteiger partial charge in [-0.3, -0.25) is 14.4 Å². The number of benzene rings is 1. The quantitative estimate of drug-likeness (QED) is 0.574. The van der Waals surface area contributed by atoms with Gasteiger partial charge in [-0.2, -0.15) is 0 Å². The highest BCUT2D eigenvalue weighted by Gasteiger charge is 2.26. The molecule has 0 saturated heterocycles. The van der Waals surface area contributed by atoms with E-state index in [-0.39, 0.29) is 30.8 Å². The summed E-state index contributed by atoms with van der Waals surface area (Å²) >= 11 is 0. The molecule has 0 spiro atoms. The fourth-order valence-electron chi connectivity index (χ4n) is 3.46. The van der Waals surface area contributed by atoms with Crippen molar-refractivity contribution in [2.75, 3.05) is 32.8 Å². The molecule has 1 atom stereocenters. The van der Waals surface area contributed by atoms with Gasteiger partial charge < -0.3 is 26.0 Å². The number of hydrogen-bond acceptors (Lipinski definition) is 5. The predicted octanol–water partition coefficient (Wildman–Crippen LogP) is 0.509. The van der Waals surface area contributed by atoms with E-state index in [4.69, 9.17) is 4.74 Å². The Morgan fingerprint density at radius 3 is 2.60 bits per heavy atom. The SMILES string of the molecule is O=C1CNCCOc2ccccc2CCCNC(=O)C(CCC2CC2)NC(=O)CN1. The van der Waals surface area contributed by atoms with Crippen LogP contribution in [-0.2, 0) is 20.8 Å². The first kappa shape index (κ1) is 22.1. The topological polar surface area (TPSA) is 109 Å². The van der Waals surface area contributed by atoms with Gasteiger partial charge in [-0.25, -0.2) is 0 Å². The van der Waals surface area contributed by atoms with Crippen LogP contribution < -0.4 is 26.0 Å². The van der Waals surface area contributed by atoms with E-state index in [0.717, 1.165) is 30.6 Å². The number of amides is 3. The van der Waals surface area contributed by atoms with Crippen LogP contribution in [0.1, 0.15) is 37.7 Å². The summed E-state index contributed by atoms with van der Waals surface area (Å²) in [7, 11) is 0. The van der Waals surface area contributed by atoms with Crippen molar-refractivity contribution in [1.82, 2.24) is 21.3 Å². The molecular weight excluding hydrogens is 384 g/mol. The zero-order valence-corrected chi connectivity index (χ0v) is 17.4. The highest BCUT2D eigenvalue weighted by Crippen LogP contribution is 2.33. The number of carbonyl (C=O) groups is 3. The van der Waals surface area contributed by atoms with E-state index in [1.807, 2.05) is 24.3 Å². The maximum absolute atomic E-state index is 12.6. The highest BCUT2D eigenvalue weighted by atomic mass is 16.5. The monoisotopic (exact) mass is 416 g/mol. The smallest absolute Gasteiger partial charge is 0.242 e. The van der Waals surface area contributed by atoms with E-state index in [9.17, 15) is 14.4 Å². The number of carbonyl (C=O) groups excluding carboxylic acids is 3. The summed E-state index contributed by atoms with van der Waals surface area (Å²) in [5.74, 6) is 0.710. The van der Waals surface area contributed by atoms with Crippen LogP contribution in [0.2, 0.25) is 0 Å². The third-order valence-corrected chi connectivity index (χ3v) is 5.38. The second kappa shape index (κ2) is 11.5. The molecule has 8 nitrogen and oxygen atoms in total. The van der Waals surface area contributed by atoms with Crippen molar-refractivity contribution in [1.29, 1.82) is 0 Å². The van der Waals surface area contributed by atoms with Crippen LogP contribution in [0.5, 0.6) is 5.75 Å². The average molecular weight is 417 g/mol. The lowest BCUT2D eigenvalue weighted by molar-refractivity contribution is -0.129. The van der Waals surface area contributed by atoms with Gasteiger partial charge in [0.25, 0.3) is 0 Å². The third-order valence-electron chi connectivity index (χ3n) is 5.38. The van der Waals surface area contributed by atoms with Gasteiger partial charge in [-0.1, -0.05) is 31.0 Å². The fourth-order valence-corrected chi connectivity index (χ4v) is 3.46. The van der Waals surface area contributed by atoms with Crippen molar-refractivity contribution in [2.24, 2.45) is 5.92 Å². The molecule has 1 aliphatic heterocycles. The standard InChI is InChI=1S/C22H32N4O4/c27-20-14-23-12-13-30-19-6-2-1-4-17(19)5-3-11-24-22(29)18(10-9-16-7-8-16)26-21(28)15-25-20/h1-2,4,6,16,18,23H,3,5,7-15H2,(H,24,29)(H,25,27)(H,26,28). The fraction of sp³-hybridized carbons (Fsp3) is 0.591. The van der Waals surface area contributed by atoms with E-state index in [1.165, 1.54) is 12.8 Å². The van der Waals surface area contributed by atoms with Gasteiger partial charge in [-0.05, 0) is 43.2 Å². The van der Waals surface area contributed by atoms with Crippen LogP contribution in [0, 0.1) is 5.92 Å². The molecule has 1 aromatic carbocycles. The molecule has 1 heterocycles. The average Bonchev–Trinajstić information content (AvgIpc) is 3.57. The summed E-state index contributed by atoms with van der Waals surface area (Å²) in [6.45, 7) is 1.44. The summed E-state index contributed by atoms with van der Waals surface area (Å²) < 4.78 is 5.84. The summed E-state index contributed by atoms with van der Waals surface area (Å²) in [6, 6.07) is 7.29. The molecule has 1 saturated carbocycles. The minimum atomic E-state index is -0.567. The minimum absolute atomic E-state index is 0.101. The zero-order valence-electron chi connectivity index (χ0n) is 17.4. The number of rotatable bonds is 3. The minimum Gasteiger partial charge on any atom is -0.492 e. The van der Waals surface area contributed by atoms with Crippen LogP contribution >= 0.6 is 0 Å². The normalized spacial score (nSPS) is 22.4. The van der Waals surface area contributed by atoms with Crippen LogP contribution in [-0.4, -0.2) is 56.5 Å². The molecule has 0 bridgehead atoms. The van der Waals surface area contributed by atoms with E-state index >= 15 is 0 Å². The lowest BCUT2D eigenvalue weighted by Crippen LogP contribution is -2.50. The Labute approximate surface area is 177 Å². The second-order valence-electron chi connectivity index (χ2n) is 7.95. The van der Waals surface area contributed by atoms with Gasteiger partial charge in [-0.15, -0.1) is 0 Å². The molecule has 3 rings (SSSR count). The molecule has 1 aliphatic carbocycles. The van der Waals surface area contributed by atoms with Crippen molar-refractivity contribution < 1.29 is 19.1 Å². The molecule has 1 aromatic rings. The number of ether oxygens (including phenoxy) is 1. The van der Waals surface area contributed by atoms with E-state index in [0.29, 0.717) is 32.0 Å². The summed E-state index contributed by atoms with van der Waals surface area (Å²) in [5.41, 5.74) is 1.09. The number of fused-ring (bicyclic) bond motifs is 1. The maximum atomic E-state index is 12.6. The van der Waals surface area contributed by atoms with Crippen LogP contribution in [0.25, 0.3) is 0 Å². The van der Waals surface area contributed by atoms with Gasteiger partial charge in [0.2, 0.25) is 17.7 Å². The van der Waals surface area contributed by atoms with Gasteiger partial charge in [0.1, 0.15) is 18.4 Å². The maximum Gasteiger partial charge on any atom is 0.242 e. The van der Waals surface area contributed by atoms with E-state index < -0.39 is 6.04 Å². The second-order valence-corrected chi connectivity index (χ2v) is 7.95. The first-order valence-corrected chi connectivity index (χ1v) is 10.9. The Morgan fingerprint density at radius 1 is 0.933 bits per heavy atom. The Kier molecular flexibility index (Phi) is 8.50. The summed E-state index contributed by atoms with van der Waals surface area (Å²) in [4.78, 5) is 36.8. The number of nitrogens with one attached hydrogen (secondary N) is 4. The lowest BCUT2D eigenvalue weighted by atomic mass is 10.1. The molecule has 8 heteroatoms. The first-order chi connectivity index (χ1) is 14.6. The van der Waals surface area contributed by atoms with Crippen LogP contribution in [0.15, 0.2) is 24.3 Å². The van der Waals surface area contributed by atoms with Gasteiger partial charge in [0, 0.05) is 13.1 Å². The lowest BCUT2D eigenvalue weighted by Gasteiger charge is -2.19. The van der Waals surface area contributed by atoms with Gasteiger partial charge in [0.15, 0.2) is 0 Å². The van der Waals surface area contributed by atoms with Crippen LogP contribution in [0.3, 0.4) is 0 Å². The zero-order chi connectivity index (χ0) is 21.2. The van der Waals surface area contributed by atoms with Gasteiger partial charge >= 0.3 is 0 Å². The Morgan fingerprint density at radius 2 is 1.77 bits per heavy atom. The number of aryl methyl sites for hydroxylation is 1. The molecule has 1 fully saturated rings. The van der Waals surface area contributed by atoms with Crippen molar-refractivity contribution in [3.63, 3.8) is 0 Å². The molecule has 3 amide bonds. The van der Waals surface area contributed by atoms with E-state index in [1.54, 1.807) is 0 Å². The Bertz CT molecular complexity index is 736. The summed E-state index contributed by atoms with van der Waals surface area (Å²) in [6.07, 6.45) is 5.52. The molecular formula is C22H32N4O4.